The molecule has 0 aromatic heterocycles. The molecule has 0 heterocycles. The number of carboxylic acid groups (broad SMARTS) is 1. The van der Waals surface area contributed by atoms with Gasteiger partial charge in [-0.15, -0.1) is 0 Å². The van der Waals surface area contributed by atoms with Gasteiger partial charge in [0.25, 0.3) is 0 Å². The highest BCUT2D eigenvalue weighted by molar-refractivity contribution is 5.95. The molecule has 0 saturated carbocycles. The summed E-state index contributed by atoms with van der Waals surface area (Å²) in [6.45, 7) is 4.86. The minimum Gasteiger partial charge on any atom is -0.478 e. The van der Waals surface area contributed by atoms with E-state index in [0.29, 0.717) is 16.4 Å². The van der Waals surface area contributed by atoms with Crippen LogP contribution in [-0.2, 0) is 4.79 Å². The molecule has 24 heavy (non-hydrogen) atoms. The fourth-order valence-electron chi connectivity index (χ4n) is 2.57. The zero-order chi connectivity index (χ0) is 17.9. The first-order chi connectivity index (χ1) is 11.3. The highest BCUT2D eigenvalue weighted by Gasteiger charge is 2.19. The number of hydrogen-bond acceptors (Lipinski definition) is 4. The summed E-state index contributed by atoms with van der Waals surface area (Å²) in [6, 6.07) is 11.5. The quantitative estimate of drug-likeness (QED) is 0.575. The van der Waals surface area contributed by atoms with Crippen molar-refractivity contribution >= 4 is 23.3 Å². The van der Waals surface area contributed by atoms with Crippen molar-refractivity contribution in [3.05, 3.63) is 59.2 Å². The van der Waals surface area contributed by atoms with Gasteiger partial charge in [-0.25, -0.2) is 9.86 Å². The van der Waals surface area contributed by atoms with E-state index < -0.39 is 17.9 Å². The van der Waals surface area contributed by atoms with Crippen LogP contribution in [0.1, 0.15) is 41.4 Å². The molecule has 6 nitrogen and oxygen atoms in total. The van der Waals surface area contributed by atoms with E-state index >= 15 is 0 Å². The molecule has 0 fully saturated rings. The summed E-state index contributed by atoms with van der Waals surface area (Å²) in [5.74, 6) is -1.46. The third-order valence-electron chi connectivity index (χ3n) is 3.94. The van der Waals surface area contributed by atoms with Gasteiger partial charge in [-0.1, -0.05) is 24.3 Å². The molecule has 1 atom stereocenters. The molecule has 126 valence electrons. The Morgan fingerprint density at radius 3 is 2.33 bits per heavy atom. The first-order valence-electron chi connectivity index (χ1n) is 7.50. The van der Waals surface area contributed by atoms with E-state index in [9.17, 15) is 19.9 Å². The molecular formula is C18H20N2O4. The maximum Gasteiger partial charge on any atom is 0.337 e. The SMILES string of the molecule is CC(=O)N(O)C(C)c1cccc(Nc2ccccc2C(=O)O)c1C. The van der Waals surface area contributed by atoms with Gasteiger partial charge in [0.05, 0.1) is 17.3 Å². The van der Waals surface area contributed by atoms with Crippen LogP contribution < -0.4 is 5.32 Å². The lowest BCUT2D eigenvalue weighted by atomic mass is 10.00. The largest absolute Gasteiger partial charge is 0.478 e. The maximum atomic E-state index is 11.4. The molecule has 0 aliphatic rings. The fourth-order valence-corrected chi connectivity index (χ4v) is 2.57. The standard InChI is InChI=1S/C18H20N2O4/c1-11-14(12(2)20(24)13(3)21)8-6-10-16(11)19-17-9-5-4-7-15(17)18(22)23/h4-10,12,19,24H,1-3H3,(H,22,23). The summed E-state index contributed by atoms with van der Waals surface area (Å²) in [5.41, 5.74) is 2.95. The lowest BCUT2D eigenvalue weighted by Crippen LogP contribution is -2.28. The van der Waals surface area contributed by atoms with Crippen LogP contribution in [-0.4, -0.2) is 27.3 Å². The van der Waals surface area contributed by atoms with Gasteiger partial charge in [0.2, 0.25) is 5.91 Å². The van der Waals surface area contributed by atoms with Gasteiger partial charge in [0.1, 0.15) is 0 Å². The van der Waals surface area contributed by atoms with Crippen molar-refractivity contribution < 1.29 is 19.9 Å². The Morgan fingerprint density at radius 1 is 1.08 bits per heavy atom. The Kier molecular flexibility index (Phi) is 5.21. The number of benzene rings is 2. The van der Waals surface area contributed by atoms with Crippen LogP contribution in [0, 0.1) is 6.92 Å². The fraction of sp³-hybridized carbons (Fsp3) is 0.222. The van der Waals surface area contributed by atoms with Gasteiger partial charge in [-0.3, -0.25) is 10.0 Å². The van der Waals surface area contributed by atoms with Crippen LogP contribution in [0.5, 0.6) is 0 Å². The Bertz CT molecular complexity index is 773. The van der Waals surface area contributed by atoms with Crippen molar-refractivity contribution in [2.24, 2.45) is 0 Å². The van der Waals surface area contributed by atoms with E-state index in [1.54, 1.807) is 31.2 Å². The highest BCUT2D eigenvalue weighted by atomic mass is 16.5. The number of carbonyl (C=O) groups excluding carboxylic acids is 1. The number of nitrogens with one attached hydrogen (secondary N) is 1. The van der Waals surface area contributed by atoms with E-state index in [-0.39, 0.29) is 5.56 Å². The number of nitrogens with zero attached hydrogens (tertiary/aromatic N) is 1. The second-order valence-corrected chi connectivity index (χ2v) is 5.54. The Balaban J connectivity index is 2.39. The molecule has 2 rings (SSSR count). The first-order valence-corrected chi connectivity index (χ1v) is 7.50. The number of hydroxylamine groups is 2. The van der Waals surface area contributed by atoms with Crippen LogP contribution in [0.25, 0.3) is 0 Å². The summed E-state index contributed by atoms with van der Waals surface area (Å²) in [7, 11) is 0. The van der Waals surface area contributed by atoms with Gasteiger partial charge >= 0.3 is 5.97 Å². The van der Waals surface area contributed by atoms with Crippen LogP contribution in [0.4, 0.5) is 11.4 Å². The zero-order valence-corrected chi connectivity index (χ0v) is 13.8. The normalized spacial score (nSPS) is 11.7. The number of aromatic carboxylic acids is 1. The average Bonchev–Trinajstić information content (AvgIpc) is 2.55. The predicted molar refractivity (Wildman–Crippen MR) is 90.6 cm³/mol. The number of amides is 1. The Hall–Kier alpha value is -2.86. The van der Waals surface area contributed by atoms with Crippen molar-refractivity contribution in [3.63, 3.8) is 0 Å². The van der Waals surface area contributed by atoms with E-state index in [1.165, 1.54) is 13.0 Å². The molecule has 6 heteroatoms. The molecule has 0 radical (unpaired) electrons. The molecule has 0 spiro atoms. The average molecular weight is 328 g/mol. The molecule has 0 saturated heterocycles. The van der Waals surface area contributed by atoms with Crippen LogP contribution in [0.3, 0.4) is 0 Å². The number of rotatable bonds is 5. The molecule has 2 aromatic rings. The molecule has 0 aliphatic heterocycles. The number of para-hydroxylation sites is 1. The summed E-state index contributed by atoms with van der Waals surface area (Å²) in [6.07, 6.45) is 0. The predicted octanol–water partition coefficient (Wildman–Crippen LogP) is 3.74. The second-order valence-electron chi connectivity index (χ2n) is 5.54. The van der Waals surface area contributed by atoms with Crippen LogP contribution in [0.15, 0.2) is 42.5 Å². The lowest BCUT2D eigenvalue weighted by molar-refractivity contribution is -0.172. The number of carboxylic acids is 1. The molecule has 0 aliphatic carbocycles. The molecule has 1 unspecified atom stereocenters. The summed E-state index contributed by atoms with van der Waals surface area (Å²) >= 11 is 0. The van der Waals surface area contributed by atoms with Crippen molar-refractivity contribution in [3.8, 4) is 0 Å². The minimum absolute atomic E-state index is 0.169. The van der Waals surface area contributed by atoms with Crippen molar-refractivity contribution in [1.82, 2.24) is 5.06 Å². The van der Waals surface area contributed by atoms with Gasteiger partial charge in [-0.2, -0.15) is 0 Å². The maximum absolute atomic E-state index is 11.4. The smallest absolute Gasteiger partial charge is 0.337 e. The van der Waals surface area contributed by atoms with Crippen LogP contribution in [0.2, 0.25) is 0 Å². The topological polar surface area (TPSA) is 89.9 Å². The van der Waals surface area contributed by atoms with Crippen molar-refractivity contribution in [1.29, 1.82) is 0 Å². The van der Waals surface area contributed by atoms with E-state index in [0.717, 1.165) is 11.1 Å². The van der Waals surface area contributed by atoms with Crippen molar-refractivity contribution in [2.45, 2.75) is 26.8 Å². The minimum atomic E-state index is -1.02. The molecule has 3 N–H and O–H groups in total. The zero-order valence-electron chi connectivity index (χ0n) is 13.8. The second kappa shape index (κ2) is 7.14. The van der Waals surface area contributed by atoms with E-state index in [2.05, 4.69) is 5.32 Å². The molecule has 2 aromatic carbocycles. The Labute approximate surface area is 140 Å². The van der Waals surface area contributed by atoms with Crippen LogP contribution >= 0.6 is 0 Å². The molecule has 1 amide bonds. The van der Waals surface area contributed by atoms with E-state index in [4.69, 9.17) is 0 Å². The summed E-state index contributed by atoms with van der Waals surface area (Å²) in [4.78, 5) is 22.7. The summed E-state index contributed by atoms with van der Waals surface area (Å²) < 4.78 is 0. The van der Waals surface area contributed by atoms with Gasteiger partial charge in [0.15, 0.2) is 0 Å². The van der Waals surface area contributed by atoms with Crippen molar-refractivity contribution in [2.75, 3.05) is 5.32 Å². The molecular weight excluding hydrogens is 308 g/mol. The Morgan fingerprint density at radius 2 is 1.71 bits per heavy atom. The highest BCUT2D eigenvalue weighted by Crippen LogP contribution is 2.30. The number of anilines is 2. The monoisotopic (exact) mass is 328 g/mol. The summed E-state index contributed by atoms with van der Waals surface area (Å²) in [5, 5.41) is 22.9. The van der Waals surface area contributed by atoms with Gasteiger partial charge < -0.3 is 10.4 Å². The molecule has 0 bridgehead atoms. The first kappa shape index (κ1) is 17.5. The van der Waals surface area contributed by atoms with E-state index in [1.807, 2.05) is 19.1 Å². The number of hydrogen-bond donors (Lipinski definition) is 3. The third-order valence-corrected chi connectivity index (χ3v) is 3.94. The lowest BCUT2D eigenvalue weighted by Gasteiger charge is -2.24. The van der Waals surface area contributed by atoms with Gasteiger partial charge in [-0.05, 0) is 43.2 Å². The van der Waals surface area contributed by atoms with Gasteiger partial charge in [0, 0.05) is 12.6 Å². The number of carbonyl (C=O) groups is 2. The third kappa shape index (κ3) is 3.55.